The van der Waals surface area contributed by atoms with Crippen LogP contribution in [0.2, 0.25) is 0 Å². The summed E-state index contributed by atoms with van der Waals surface area (Å²) in [6.07, 6.45) is 1.58. The largest absolute Gasteiger partial charge is 0.369 e. The van der Waals surface area contributed by atoms with E-state index in [0.29, 0.717) is 38.0 Å². The highest BCUT2D eigenvalue weighted by Gasteiger charge is 2.33. The van der Waals surface area contributed by atoms with Gasteiger partial charge in [0.05, 0.1) is 23.2 Å². The predicted molar refractivity (Wildman–Crippen MR) is 113 cm³/mol. The summed E-state index contributed by atoms with van der Waals surface area (Å²) in [5.41, 5.74) is 8.43. The molecule has 1 aromatic heterocycles. The van der Waals surface area contributed by atoms with Gasteiger partial charge in [-0.1, -0.05) is 29.8 Å². The molecular weight excluding hydrogens is 404 g/mol. The average molecular weight is 431 g/mol. The number of hydrogen-bond donors (Lipinski definition) is 1. The lowest BCUT2D eigenvalue weighted by atomic mass is 9.96. The van der Waals surface area contributed by atoms with Crippen molar-refractivity contribution in [2.75, 3.05) is 24.6 Å². The lowest BCUT2D eigenvalue weighted by Crippen LogP contribution is -2.41. The zero-order chi connectivity index (χ0) is 21.5. The molecule has 8 nitrogen and oxygen atoms in total. The first-order chi connectivity index (χ1) is 14.2. The summed E-state index contributed by atoms with van der Waals surface area (Å²) in [4.78, 5) is 26.2. The number of sulfone groups is 1. The molecule has 0 spiro atoms. The molecule has 2 saturated heterocycles. The van der Waals surface area contributed by atoms with Crippen molar-refractivity contribution in [3.05, 3.63) is 41.6 Å². The van der Waals surface area contributed by atoms with Gasteiger partial charge in [0.1, 0.15) is 0 Å². The third-order valence-electron chi connectivity index (χ3n) is 6.04. The first-order valence-corrected chi connectivity index (χ1v) is 12.0. The normalized spacial score (nSPS) is 21.6. The molecule has 0 aliphatic carbocycles. The van der Waals surface area contributed by atoms with Crippen LogP contribution in [0.25, 0.3) is 11.3 Å². The molecule has 160 valence electrons. The van der Waals surface area contributed by atoms with Crippen molar-refractivity contribution in [1.82, 2.24) is 14.7 Å². The van der Waals surface area contributed by atoms with Crippen LogP contribution in [0, 0.1) is 12.8 Å². The number of rotatable bonds is 4. The summed E-state index contributed by atoms with van der Waals surface area (Å²) in [5, 5.41) is 4.56. The lowest BCUT2D eigenvalue weighted by Gasteiger charge is -2.30. The number of benzene rings is 1. The van der Waals surface area contributed by atoms with Gasteiger partial charge < -0.3 is 10.6 Å². The molecule has 4 rings (SSSR count). The smallest absolute Gasteiger partial charge is 0.274 e. The fourth-order valence-electron chi connectivity index (χ4n) is 4.21. The van der Waals surface area contributed by atoms with Crippen LogP contribution < -0.4 is 5.73 Å². The van der Waals surface area contributed by atoms with Crippen LogP contribution in [0.15, 0.2) is 30.3 Å². The van der Waals surface area contributed by atoms with Crippen LogP contribution in [0.1, 0.15) is 41.4 Å². The van der Waals surface area contributed by atoms with E-state index in [9.17, 15) is 18.0 Å². The molecule has 2 aliphatic rings. The van der Waals surface area contributed by atoms with Gasteiger partial charge in [-0.05, 0) is 37.8 Å². The number of piperidine rings is 1. The molecule has 0 bridgehead atoms. The summed E-state index contributed by atoms with van der Waals surface area (Å²) in [6.45, 7) is 2.91. The van der Waals surface area contributed by atoms with E-state index < -0.39 is 9.84 Å². The van der Waals surface area contributed by atoms with E-state index in [-0.39, 0.29) is 35.3 Å². The lowest BCUT2D eigenvalue weighted by molar-refractivity contribution is -0.123. The third-order valence-corrected chi connectivity index (χ3v) is 7.79. The molecule has 2 aliphatic heterocycles. The molecule has 0 radical (unpaired) electrons. The van der Waals surface area contributed by atoms with Crippen LogP contribution >= 0.6 is 0 Å². The molecule has 2 fully saturated rings. The topological polar surface area (TPSA) is 115 Å². The molecule has 0 unspecified atom stereocenters. The van der Waals surface area contributed by atoms with Gasteiger partial charge >= 0.3 is 0 Å². The van der Waals surface area contributed by atoms with Gasteiger partial charge in [-0.2, -0.15) is 5.10 Å². The van der Waals surface area contributed by atoms with Crippen LogP contribution in [-0.4, -0.2) is 59.5 Å². The van der Waals surface area contributed by atoms with E-state index in [0.717, 1.165) is 16.8 Å². The van der Waals surface area contributed by atoms with Crippen molar-refractivity contribution in [2.45, 2.75) is 32.2 Å². The summed E-state index contributed by atoms with van der Waals surface area (Å²) in [5.74, 6) is -0.556. The standard InChI is InChI=1S/C21H26N4O4S/c1-14-2-4-15(5-3-14)19-12-18(23-25(19)17-8-11-30(28,29)13-17)21(27)24-9-6-16(7-10-24)20(22)26/h2-5,12,16-17H,6-11,13H2,1H3,(H2,22,26)/t17-/m0/s1. The first kappa shape index (κ1) is 20.6. The number of nitrogens with two attached hydrogens (primary N) is 1. The Morgan fingerprint density at radius 3 is 2.33 bits per heavy atom. The number of carbonyl (C=O) groups excluding carboxylic acids is 2. The van der Waals surface area contributed by atoms with E-state index in [1.165, 1.54) is 0 Å². The SMILES string of the molecule is Cc1ccc(-c2cc(C(=O)N3CCC(C(N)=O)CC3)nn2[C@H]2CCS(=O)(=O)C2)cc1. The maximum atomic E-state index is 13.1. The Kier molecular flexibility index (Phi) is 5.40. The zero-order valence-corrected chi connectivity index (χ0v) is 17.8. The van der Waals surface area contributed by atoms with E-state index in [1.54, 1.807) is 15.6 Å². The van der Waals surface area contributed by atoms with E-state index in [4.69, 9.17) is 5.73 Å². The van der Waals surface area contributed by atoms with Crippen LogP contribution in [0.4, 0.5) is 0 Å². The van der Waals surface area contributed by atoms with Gasteiger partial charge in [0, 0.05) is 19.0 Å². The number of hydrogen-bond acceptors (Lipinski definition) is 5. The highest BCUT2D eigenvalue weighted by molar-refractivity contribution is 7.91. The average Bonchev–Trinajstić information content (AvgIpc) is 3.31. The minimum atomic E-state index is -3.09. The molecule has 30 heavy (non-hydrogen) atoms. The molecule has 2 amide bonds. The minimum absolute atomic E-state index is 0.0329. The summed E-state index contributed by atoms with van der Waals surface area (Å²) in [6, 6.07) is 9.34. The minimum Gasteiger partial charge on any atom is -0.369 e. The Balaban J connectivity index is 1.64. The fraction of sp³-hybridized carbons (Fsp3) is 0.476. The molecule has 1 atom stereocenters. The second-order valence-electron chi connectivity index (χ2n) is 8.25. The predicted octanol–water partition coefficient (Wildman–Crippen LogP) is 1.56. The number of nitrogens with zero attached hydrogens (tertiary/aromatic N) is 3. The molecule has 3 heterocycles. The van der Waals surface area contributed by atoms with Crippen molar-refractivity contribution in [2.24, 2.45) is 11.7 Å². The summed E-state index contributed by atoms with van der Waals surface area (Å²) >= 11 is 0. The van der Waals surface area contributed by atoms with Crippen molar-refractivity contribution >= 4 is 21.7 Å². The van der Waals surface area contributed by atoms with Crippen molar-refractivity contribution in [3.63, 3.8) is 0 Å². The van der Waals surface area contributed by atoms with Gasteiger partial charge in [-0.25, -0.2) is 8.42 Å². The Hall–Kier alpha value is -2.68. The van der Waals surface area contributed by atoms with Gasteiger partial charge in [-0.15, -0.1) is 0 Å². The number of aromatic nitrogens is 2. The maximum Gasteiger partial charge on any atom is 0.274 e. The highest BCUT2D eigenvalue weighted by atomic mass is 32.2. The number of likely N-dealkylation sites (tertiary alicyclic amines) is 1. The number of primary amides is 1. The molecule has 9 heteroatoms. The molecule has 2 aromatic rings. The van der Waals surface area contributed by atoms with Crippen molar-refractivity contribution in [1.29, 1.82) is 0 Å². The van der Waals surface area contributed by atoms with Gasteiger partial charge in [0.25, 0.3) is 5.91 Å². The summed E-state index contributed by atoms with van der Waals surface area (Å²) < 4.78 is 25.8. The first-order valence-electron chi connectivity index (χ1n) is 10.2. The van der Waals surface area contributed by atoms with E-state index in [2.05, 4.69) is 5.10 Å². The highest BCUT2D eigenvalue weighted by Crippen LogP contribution is 2.31. The molecule has 1 aromatic carbocycles. The van der Waals surface area contributed by atoms with Crippen LogP contribution in [0.5, 0.6) is 0 Å². The Labute approximate surface area is 176 Å². The fourth-order valence-corrected chi connectivity index (χ4v) is 5.91. The number of amides is 2. The second kappa shape index (κ2) is 7.86. The Morgan fingerprint density at radius 2 is 1.77 bits per heavy atom. The Morgan fingerprint density at radius 1 is 1.10 bits per heavy atom. The van der Waals surface area contributed by atoms with Crippen LogP contribution in [-0.2, 0) is 14.6 Å². The van der Waals surface area contributed by atoms with Crippen molar-refractivity contribution < 1.29 is 18.0 Å². The zero-order valence-electron chi connectivity index (χ0n) is 17.0. The summed E-state index contributed by atoms with van der Waals surface area (Å²) in [7, 11) is -3.09. The molecule has 2 N–H and O–H groups in total. The maximum absolute atomic E-state index is 13.1. The van der Waals surface area contributed by atoms with E-state index in [1.807, 2.05) is 31.2 Å². The Bertz CT molecular complexity index is 1070. The molecular formula is C21H26N4O4S. The van der Waals surface area contributed by atoms with Gasteiger partial charge in [-0.3, -0.25) is 14.3 Å². The van der Waals surface area contributed by atoms with Gasteiger partial charge in [0.15, 0.2) is 15.5 Å². The molecule has 0 saturated carbocycles. The monoisotopic (exact) mass is 430 g/mol. The number of aryl methyl sites for hydroxylation is 1. The van der Waals surface area contributed by atoms with Crippen molar-refractivity contribution in [3.8, 4) is 11.3 Å². The second-order valence-corrected chi connectivity index (χ2v) is 10.5. The quantitative estimate of drug-likeness (QED) is 0.790. The van der Waals surface area contributed by atoms with Gasteiger partial charge in [0.2, 0.25) is 5.91 Å². The van der Waals surface area contributed by atoms with Crippen LogP contribution in [0.3, 0.4) is 0 Å². The number of carbonyl (C=O) groups is 2. The van der Waals surface area contributed by atoms with E-state index >= 15 is 0 Å². The third kappa shape index (κ3) is 4.12.